The van der Waals surface area contributed by atoms with Gasteiger partial charge in [-0.2, -0.15) is 0 Å². The van der Waals surface area contributed by atoms with Gasteiger partial charge in [-0.05, 0) is 0 Å². The lowest BCUT2D eigenvalue weighted by Crippen LogP contribution is -2.18. The molecule has 0 saturated heterocycles. The van der Waals surface area contributed by atoms with E-state index in [0.717, 1.165) is 0 Å². The maximum atomic E-state index is 10.9. The maximum Gasteiger partial charge on any atom is 0.269 e. The Morgan fingerprint density at radius 1 is 1.64 bits per heavy atom. The van der Waals surface area contributed by atoms with Crippen LogP contribution in [-0.4, -0.2) is 17.9 Å². The van der Waals surface area contributed by atoms with Crippen LogP contribution >= 0.6 is 0 Å². The van der Waals surface area contributed by atoms with Gasteiger partial charge in [-0.3, -0.25) is 14.9 Å². The molecule has 0 aromatic carbocycles. The molecule has 0 aliphatic rings. The lowest BCUT2D eigenvalue weighted by atomic mass is 10.3. The van der Waals surface area contributed by atoms with E-state index in [1.54, 1.807) is 0 Å². The molecule has 57 valence electrons. The molecule has 4 heteroatoms. The molecule has 0 aliphatic heterocycles. The number of hydrogen-bond donors (Lipinski definition) is 1. The normalized spacial score (nSPS) is 9.18. The number of nitrogens with one attached hydrogen (secondary N) is 1. The lowest BCUT2D eigenvalue weighted by molar-refractivity contribution is 0.0957. The molecule has 0 aliphatic carbocycles. The molecule has 0 unspecified atom stereocenters. The van der Waals surface area contributed by atoms with Crippen LogP contribution in [0.4, 0.5) is 0 Å². The van der Waals surface area contributed by atoms with Gasteiger partial charge < -0.3 is 5.32 Å². The van der Waals surface area contributed by atoms with Gasteiger partial charge in [-0.1, -0.05) is 0 Å². The van der Waals surface area contributed by atoms with Gasteiger partial charge in [-0.25, -0.2) is 0 Å². The number of aromatic nitrogens is 1. The predicted octanol–water partition coefficient (Wildman–Crippen LogP) is 0.585. The zero-order valence-electron chi connectivity index (χ0n) is 6.00. The number of rotatable bonds is 1. The summed E-state index contributed by atoms with van der Waals surface area (Å²) in [6.45, 7) is 0. The molecule has 4 nitrogen and oxygen atoms in total. The van der Waals surface area contributed by atoms with E-state index < -0.39 is 0 Å². The molecular formula is C7H7N2O2. The summed E-state index contributed by atoms with van der Waals surface area (Å²) in [4.78, 5) is 14.6. The van der Waals surface area contributed by atoms with Gasteiger partial charge in [-0.15, -0.1) is 0 Å². The molecule has 0 saturated carbocycles. The first-order chi connectivity index (χ1) is 5.24. The van der Waals surface area contributed by atoms with Gasteiger partial charge in [0.1, 0.15) is 5.69 Å². The molecule has 1 rings (SSSR count). The van der Waals surface area contributed by atoms with E-state index in [2.05, 4.69) is 10.3 Å². The maximum absolute atomic E-state index is 10.9. The van der Waals surface area contributed by atoms with E-state index >= 15 is 0 Å². The SMILES string of the molecule is CNC(=O)c1cc([O])ccn1. The summed E-state index contributed by atoms with van der Waals surface area (Å²) in [6, 6.07) is 2.49. The Morgan fingerprint density at radius 2 is 2.36 bits per heavy atom. The van der Waals surface area contributed by atoms with Crippen LogP contribution in [0.25, 0.3) is 0 Å². The van der Waals surface area contributed by atoms with Crippen LogP contribution in [0.2, 0.25) is 0 Å². The number of carbonyl (C=O) groups excluding carboxylic acids is 1. The van der Waals surface area contributed by atoms with Crippen molar-refractivity contribution in [3.63, 3.8) is 0 Å². The highest BCUT2D eigenvalue weighted by molar-refractivity contribution is 5.92. The highest BCUT2D eigenvalue weighted by Gasteiger charge is 2.04. The first-order valence-corrected chi connectivity index (χ1v) is 3.09. The van der Waals surface area contributed by atoms with E-state index in [1.807, 2.05) is 0 Å². The third-order valence-electron chi connectivity index (χ3n) is 1.19. The molecule has 0 spiro atoms. The van der Waals surface area contributed by atoms with Crippen LogP contribution in [0.5, 0.6) is 5.75 Å². The Hall–Kier alpha value is -1.58. The molecule has 1 aromatic heterocycles. The highest BCUT2D eigenvalue weighted by Crippen LogP contribution is 2.08. The molecular weight excluding hydrogens is 144 g/mol. The van der Waals surface area contributed by atoms with Gasteiger partial charge in [0.2, 0.25) is 0 Å². The molecule has 0 atom stereocenters. The summed E-state index contributed by atoms with van der Waals surface area (Å²) in [5, 5.41) is 13.1. The van der Waals surface area contributed by atoms with Crippen LogP contribution in [-0.2, 0) is 5.11 Å². The first kappa shape index (κ1) is 7.53. The first-order valence-electron chi connectivity index (χ1n) is 3.09. The van der Waals surface area contributed by atoms with Gasteiger partial charge in [0.15, 0.2) is 5.75 Å². The molecule has 0 fully saturated rings. The molecule has 0 bridgehead atoms. The largest absolute Gasteiger partial charge is 0.354 e. The Labute approximate surface area is 63.9 Å². The Morgan fingerprint density at radius 3 is 2.91 bits per heavy atom. The Bertz CT molecular complexity index is 273. The van der Waals surface area contributed by atoms with Crippen molar-refractivity contribution in [2.45, 2.75) is 0 Å². The van der Waals surface area contributed by atoms with Crippen molar-refractivity contribution in [3.8, 4) is 5.75 Å². The van der Waals surface area contributed by atoms with Gasteiger partial charge >= 0.3 is 0 Å². The van der Waals surface area contributed by atoms with E-state index in [-0.39, 0.29) is 17.4 Å². The zero-order valence-corrected chi connectivity index (χ0v) is 6.00. The van der Waals surface area contributed by atoms with Gasteiger partial charge in [0, 0.05) is 25.4 Å². The third kappa shape index (κ3) is 1.67. The van der Waals surface area contributed by atoms with Crippen molar-refractivity contribution in [2.24, 2.45) is 0 Å². The second kappa shape index (κ2) is 3.01. The molecule has 1 aromatic rings. The van der Waals surface area contributed by atoms with E-state index in [9.17, 15) is 9.90 Å². The summed E-state index contributed by atoms with van der Waals surface area (Å²) in [5.41, 5.74) is 0.153. The number of pyridine rings is 1. The number of amides is 1. The monoisotopic (exact) mass is 151 g/mol. The average molecular weight is 151 g/mol. The molecule has 1 heterocycles. The predicted molar refractivity (Wildman–Crippen MR) is 37.8 cm³/mol. The second-order valence-electron chi connectivity index (χ2n) is 1.96. The summed E-state index contributed by atoms with van der Waals surface area (Å²) in [7, 11) is 1.49. The fourth-order valence-electron chi connectivity index (χ4n) is 0.663. The summed E-state index contributed by atoms with van der Waals surface area (Å²) in [6.07, 6.45) is 1.31. The van der Waals surface area contributed by atoms with Crippen LogP contribution in [0.3, 0.4) is 0 Å². The number of nitrogens with zero attached hydrogens (tertiary/aromatic N) is 1. The zero-order chi connectivity index (χ0) is 8.27. The van der Waals surface area contributed by atoms with Crippen LogP contribution in [0.15, 0.2) is 18.3 Å². The number of hydrogen-bond acceptors (Lipinski definition) is 2. The Balaban J connectivity index is 2.96. The fourth-order valence-corrected chi connectivity index (χ4v) is 0.663. The summed E-state index contributed by atoms with van der Waals surface area (Å²) >= 11 is 0. The lowest BCUT2D eigenvalue weighted by Gasteiger charge is -1.96. The van der Waals surface area contributed by atoms with Gasteiger partial charge in [0.05, 0.1) is 0 Å². The molecule has 1 radical (unpaired) electrons. The topological polar surface area (TPSA) is 61.9 Å². The van der Waals surface area contributed by atoms with Crippen molar-refractivity contribution in [3.05, 3.63) is 24.0 Å². The number of carbonyl (C=O) groups is 1. The van der Waals surface area contributed by atoms with Crippen molar-refractivity contribution >= 4 is 5.91 Å². The minimum atomic E-state index is -0.345. The summed E-state index contributed by atoms with van der Waals surface area (Å²) < 4.78 is 0. The van der Waals surface area contributed by atoms with E-state index in [1.165, 1.54) is 25.4 Å². The van der Waals surface area contributed by atoms with Crippen molar-refractivity contribution in [1.82, 2.24) is 10.3 Å². The molecule has 1 N–H and O–H groups in total. The van der Waals surface area contributed by atoms with Crippen molar-refractivity contribution in [2.75, 3.05) is 7.05 Å². The minimum absolute atomic E-state index is 0.153. The Kier molecular flexibility index (Phi) is 2.06. The molecule has 11 heavy (non-hydrogen) atoms. The minimum Gasteiger partial charge on any atom is -0.354 e. The molecule has 1 amide bonds. The second-order valence-corrected chi connectivity index (χ2v) is 1.96. The summed E-state index contributed by atoms with van der Waals surface area (Å²) in [5.74, 6) is -0.554. The smallest absolute Gasteiger partial charge is 0.269 e. The average Bonchev–Trinajstić information content (AvgIpc) is 2.03. The standard InChI is InChI=1S/C7H7N2O2/c1-8-7(11)6-4-5(10)2-3-9-6/h2-4H,1H3,(H,8,11). The van der Waals surface area contributed by atoms with Gasteiger partial charge in [0.25, 0.3) is 5.91 Å². The van der Waals surface area contributed by atoms with Crippen LogP contribution in [0.1, 0.15) is 10.5 Å². The third-order valence-corrected chi connectivity index (χ3v) is 1.19. The van der Waals surface area contributed by atoms with E-state index in [4.69, 9.17) is 0 Å². The van der Waals surface area contributed by atoms with Crippen molar-refractivity contribution in [1.29, 1.82) is 0 Å². The quantitative estimate of drug-likeness (QED) is 0.638. The van der Waals surface area contributed by atoms with Crippen molar-refractivity contribution < 1.29 is 9.90 Å². The fraction of sp³-hybridized carbons (Fsp3) is 0.143. The van der Waals surface area contributed by atoms with E-state index in [0.29, 0.717) is 0 Å². The highest BCUT2D eigenvalue weighted by atomic mass is 16.3. The van der Waals surface area contributed by atoms with Crippen LogP contribution < -0.4 is 5.32 Å². The van der Waals surface area contributed by atoms with Crippen LogP contribution in [0, 0.1) is 0 Å².